The Morgan fingerprint density at radius 1 is 1.22 bits per heavy atom. The van der Waals surface area contributed by atoms with E-state index in [-0.39, 0.29) is 6.04 Å². The number of rotatable bonds is 6. The third kappa shape index (κ3) is 4.88. The minimum absolute atomic E-state index is 0.205. The Hall–Kier alpha value is -0.0900. The highest BCUT2D eigenvalue weighted by Crippen LogP contribution is 2.34. The molecule has 3 nitrogen and oxygen atoms in total. The van der Waals surface area contributed by atoms with Gasteiger partial charge in [-0.05, 0) is 49.9 Å². The smallest absolute Gasteiger partial charge is 0.150 e. The lowest BCUT2D eigenvalue weighted by Crippen LogP contribution is -2.38. The molecular formula is C14H29NO2S. The molecule has 1 aliphatic carbocycles. The second-order valence-electron chi connectivity index (χ2n) is 6.18. The van der Waals surface area contributed by atoms with E-state index in [2.05, 4.69) is 13.8 Å². The lowest BCUT2D eigenvalue weighted by atomic mass is 9.73. The Labute approximate surface area is 112 Å². The van der Waals surface area contributed by atoms with Crippen LogP contribution in [-0.4, -0.2) is 26.0 Å². The average molecular weight is 275 g/mol. The van der Waals surface area contributed by atoms with E-state index < -0.39 is 9.84 Å². The van der Waals surface area contributed by atoms with E-state index in [0.717, 1.165) is 25.2 Å². The van der Waals surface area contributed by atoms with Crippen LogP contribution in [0.15, 0.2) is 0 Å². The summed E-state index contributed by atoms with van der Waals surface area (Å²) in [5.74, 6) is 2.46. The number of hydrogen-bond acceptors (Lipinski definition) is 3. The fourth-order valence-electron chi connectivity index (χ4n) is 3.01. The van der Waals surface area contributed by atoms with Crippen molar-refractivity contribution >= 4 is 9.84 Å². The van der Waals surface area contributed by atoms with Crippen molar-refractivity contribution in [1.82, 2.24) is 0 Å². The molecule has 0 saturated heterocycles. The molecule has 108 valence electrons. The van der Waals surface area contributed by atoms with Crippen LogP contribution in [0.1, 0.15) is 52.9 Å². The summed E-state index contributed by atoms with van der Waals surface area (Å²) < 4.78 is 23.5. The van der Waals surface area contributed by atoms with E-state index in [9.17, 15) is 8.42 Å². The van der Waals surface area contributed by atoms with Crippen LogP contribution in [0.25, 0.3) is 0 Å². The first-order valence-electron chi connectivity index (χ1n) is 7.31. The van der Waals surface area contributed by atoms with E-state index in [1.807, 2.05) is 6.92 Å². The maximum Gasteiger partial charge on any atom is 0.150 e. The quantitative estimate of drug-likeness (QED) is 0.810. The van der Waals surface area contributed by atoms with Crippen LogP contribution in [0.4, 0.5) is 0 Å². The molecule has 0 radical (unpaired) electrons. The normalized spacial score (nSPS) is 29.7. The lowest BCUT2D eigenvalue weighted by molar-refractivity contribution is 0.187. The maximum atomic E-state index is 11.8. The van der Waals surface area contributed by atoms with E-state index in [1.165, 1.54) is 6.42 Å². The van der Waals surface area contributed by atoms with Gasteiger partial charge in [0, 0.05) is 11.8 Å². The molecule has 1 saturated carbocycles. The Balaban J connectivity index is 2.49. The molecule has 0 heterocycles. The Kier molecular flexibility index (Phi) is 6.12. The van der Waals surface area contributed by atoms with Crippen LogP contribution in [0, 0.1) is 17.8 Å². The molecule has 0 bridgehead atoms. The van der Waals surface area contributed by atoms with Gasteiger partial charge in [0.05, 0.1) is 5.75 Å². The second kappa shape index (κ2) is 6.90. The highest BCUT2D eigenvalue weighted by molar-refractivity contribution is 7.91. The molecule has 1 rings (SSSR count). The molecule has 0 amide bonds. The third-order valence-corrected chi connectivity index (χ3v) is 6.23. The molecule has 1 aliphatic rings. The summed E-state index contributed by atoms with van der Waals surface area (Å²) in [5, 5.41) is 0. The topological polar surface area (TPSA) is 60.2 Å². The SMILES string of the molecule is CCCS(=O)(=O)CCC1CC(C(C)C)CCC1N. The van der Waals surface area contributed by atoms with Gasteiger partial charge < -0.3 is 5.73 Å². The minimum atomic E-state index is -2.85. The van der Waals surface area contributed by atoms with E-state index in [1.54, 1.807) is 0 Å². The maximum absolute atomic E-state index is 11.8. The zero-order chi connectivity index (χ0) is 13.8. The van der Waals surface area contributed by atoms with Crippen LogP contribution >= 0.6 is 0 Å². The summed E-state index contributed by atoms with van der Waals surface area (Å²) in [5.41, 5.74) is 6.15. The first-order chi connectivity index (χ1) is 8.35. The lowest BCUT2D eigenvalue weighted by Gasteiger charge is -2.36. The van der Waals surface area contributed by atoms with Crippen molar-refractivity contribution in [3.63, 3.8) is 0 Å². The summed E-state index contributed by atoms with van der Waals surface area (Å²) >= 11 is 0. The second-order valence-corrected chi connectivity index (χ2v) is 8.49. The van der Waals surface area contributed by atoms with Crippen molar-refractivity contribution in [2.75, 3.05) is 11.5 Å². The predicted octanol–water partition coefficient (Wildman–Crippen LogP) is 2.60. The van der Waals surface area contributed by atoms with Crippen LogP contribution in [0.2, 0.25) is 0 Å². The van der Waals surface area contributed by atoms with Crippen LogP contribution < -0.4 is 5.73 Å². The molecule has 4 heteroatoms. The summed E-state index contributed by atoms with van der Waals surface area (Å²) in [7, 11) is -2.85. The van der Waals surface area contributed by atoms with Gasteiger partial charge in [0.1, 0.15) is 9.84 Å². The molecule has 0 spiro atoms. The Morgan fingerprint density at radius 2 is 1.89 bits per heavy atom. The highest BCUT2D eigenvalue weighted by atomic mass is 32.2. The fraction of sp³-hybridized carbons (Fsp3) is 1.00. The van der Waals surface area contributed by atoms with Gasteiger partial charge in [-0.15, -0.1) is 0 Å². The third-order valence-electron chi connectivity index (χ3n) is 4.34. The van der Waals surface area contributed by atoms with Gasteiger partial charge in [-0.3, -0.25) is 0 Å². The monoisotopic (exact) mass is 275 g/mol. The molecule has 0 aromatic carbocycles. The minimum Gasteiger partial charge on any atom is -0.327 e. The summed E-state index contributed by atoms with van der Waals surface area (Å²) in [6, 6.07) is 0.205. The highest BCUT2D eigenvalue weighted by Gasteiger charge is 2.30. The fourth-order valence-corrected chi connectivity index (χ4v) is 4.49. The van der Waals surface area contributed by atoms with E-state index in [4.69, 9.17) is 5.73 Å². The predicted molar refractivity (Wildman–Crippen MR) is 77.2 cm³/mol. The summed E-state index contributed by atoms with van der Waals surface area (Å²) in [6.45, 7) is 6.43. The molecule has 0 aromatic rings. The van der Waals surface area contributed by atoms with Crippen LogP contribution in [0.5, 0.6) is 0 Å². The Bertz CT molecular complexity index is 338. The van der Waals surface area contributed by atoms with Crippen molar-refractivity contribution in [2.24, 2.45) is 23.5 Å². The molecule has 0 aliphatic heterocycles. The zero-order valence-corrected chi connectivity index (χ0v) is 12.9. The molecular weight excluding hydrogens is 246 g/mol. The van der Waals surface area contributed by atoms with Crippen molar-refractivity contribution in [3.8, 4) is 0 Å². The van der Waals surface area contributed by atoms with Gasteiger partial charge in [0.2, 0.25) is 0 Å². The van der Waals surface area contributed by atoms with Gasteiger partial charge >= 0.3 is 0 Å². The molecule has 3 atom stereocenters. The summed E-state index contributed by atoms with van der Waals surface area (Å²) in [4.78, 5) is 0. The standard InChI is InChI=1S/C14H29NO2S/c1-4-8-18(16,17)9-7-13-10-12(11(2)3)5-6-14(13)15/h11-14H,4-10,15H2,1-3H3. The van der Waals surface area contributed by atoms with Crippen molar-refractivity contribution in [1.29, 1.82) is 0 Å². The molecule has 1 fully saturated rings. The van der Waals surface area contributed by atoms with Gasteiger partial charge in [0.15, 0.2) is 0 Å². The van der Waals surface area contributed by atoms with E-state index in [0.29, 0.717) is 29.8 Å². The van der Waals surface area contributed by atoms with Crippen molar-refractivity contribution in [2.45, 2.75) is 58.9 Å². The van der Waals surface area contributed by atoms with Crippen molar-refractivity contribution in [3.05, 3.63) is 0 Å². The Morgan fingerprint density at radius 3 is 2.44 bits per heavy atom. The van der Waals surface area contributed by atoms with Gasteiger partial charge in [-0.25, -0.2) is 8.42 Å². The van der Waals surface area contributed by atoms with Gasteiger partial charge in [0.25, 0.3) is 0 Å². The zero-order valence-electron chi connectivity index (χ0n) is 12.1. The van der Waals surface area contributed by atoms with E-state index >= 15 is 0 Å². The summed E-state index contributed by atoms with van der Waals surface area (Å²) in [6.07, 6.45) is 4.85. The first-order valence-corrected chi connectivity index (χ1v) is 9.14. The van der Waals surface area contributed by atoms with Gasteiger partial charge in [-0.1, -0.05) is 20.8 Å². The number of nitrogens with two attached hydrogens (primary N) is 1. The van der Waals surface area contributed by atoms with Crippen LogP contribution in [-0.2, 0) is 9.84 Å². The largest absolute Gasteiger partial charge is 0.327 e. The van der Waals surface area contributed by atoms with Crippen molar-refractivity contribution < 1.29 is 8.42 Å². The molecule has 18 heavy (non-hydrogen) atoms. The van der Waals surface area contributed by atoms with Crippen LogP contribution in [0.3, 0.4) is 0 Å². The number of hydrogen-bond donors (Lipinski definition) is 1. The molecule has 0 aromatic heterocycles. The average Bonchev–Trinajstić information content (AvgIpc) is 2.27. The van der Waals surface area contributed by atoms with Gasteiger partial charge in [-0.2, -0.15) is 0 Å². The molecule has 2 N–H and O–H groups in total. The molecule has 3 unspecified atom stereocenters. The first kappa shape index (κ1) is 16.0. The number of sulfone groups is 1.